The van der Waals surface area contributed by atoms with Crippen molar-refractivity contribution in [1.82, 2.24) is 5.32 Å². The van der Waals surface area contributed by atoms with Gasteiger partial charge in [0.15, 0.2) is 0 Å². The summed E-state index contributed by atoms with van der Waals surface area (Å²) in [5.41, 5.74) is 0.309. The van der Waals surface area contributed by atoms with Gasteiger partial charge in [-0.2, -0.15) is 0 Å². The van der Waals surface area contributed by atoms with E-state index < -0.39 is 17.8 Å². The van der Waals surface area contributed by atoms with Gasteiger partial charge in [-0.25, -0.2) is 9.69 Å². The molecule has 0 saturated carbocycles. The number of para-hydroxylation sites is 1. The highest BCUT2D eigenvalue weighted by atomic mass is 16.5. The maximum atomic E-state index is 11.6. The molecule has 104 valence electrons. The van der Waals surface area contributed by atoms with Crippen LogP contribution in [0.2, 0.25) is 0 Å². The summed E-state index contributed by atoms with van der Waals surface area (Å²) in [7, 11) is 0. The normalized spacial score (nSPS) is 14.3. The summed E-state index contributed by atoms with van der Waals surface area (Å²) in [4.78, 5) is 35.0. The largest absolute Gasteiger partial charge is 0.457 e. The van der Waals surface area contributed by atoms with Crippen LogP contribution in [0, 0.1) is 0 Å². The molecule has 1 aliphatic heterocycles. The standard InChI is InChI=1S/C15H10N2O4/c18-13-14(19)17(15(20)16-13)10-6-8-12(9-7-10)21-11-4-2-1-3-5-11/h1-9H,(H,16,18,20). The summed E-state index contributed by atoms with van der Waals surface area (Å²) in [6.07, 6.45) is 0. The number of ether oxygens (including phenoxy) is 1. The van der Waals surface area contributed by atoms with Crippen molar-refractivity contribution >= 4 is 23.5 Å². The van der Waals surface area contributed by atoms with Gasteiger partial charge in [0, 0.05) is 0 Å². The van der Waals surface area contributed by atoms with E-state index in [4.69, 9.17) is 4.74 Å². The van der Waals surface area contributed by atoms with Crippen LogP contribution in [0.4, 0.5) is 10.5 Å². The number of urea groups is 1. The zero-order valence-electron chi connectivity index (χ0n) is 10.8. The first kappa shape index (κ1) is 12.9. The zero-order chi connectivity index (χ0) is 14.8. The Labute approximate surface area is 119 Å². The van der Waals surface area contributed by atoms with Crippen molar-refractivity contribution < 1.29 is 19.1 Å². The lowest BCUT2D eigenvalue weighted by Gasteiger charge is -2.12. The molecular weight excluding hydrogens is 272 g/mol. The quantitative estimate of drug-likeness (QED) is 0.690. The minimum Gasteiger partial charge on any atom is -0.457 e. The van der Waals surface area contributed by atoms with E-state index in [0.717, 1.165) is 4.90 Å². The van der Waals surface area contributed by atoms with Crippen molar-refractivity contribution in [3.63, 3.8) is 0 Å². The number of anilines is 1. The third kappa shape index (κ3) is 2.46. The third-order valence-corrected chi connectivity index (χ3v) is 2.89. The average Bonchev–Trinajstić information content (AvgIpc) is 2.74. The topological polar surface area (TPSA) is 75.7 Å². The molecule has 1 fully saturated rings. The van der Waals surface area contributed by atoms with Crippen molar-refractivity contribution in [3.05, 3.63) is 54.6 Å². The van der Waals surface area contributed by atoms with Gasteiger partial charge in [-0.05, 0) is 36.4 Å². The Balaban J connectivity index is 1.80. The van der Waals surface area contributed by atoms with Gasteiger partial charge < -0.3 is 4.74 Å². The fourth-order valence-electron chi connectivity index (χ4n) is 1.92. The fraction of sp³-hybridized carbons (Fsp3) is 0. The number of carbonyl (C=O) groups is 3. The van der Waals surface area contributed by atoms with E-state index in [1.165, 1.54) is 12.1 Å². The number of imide groups is 2. The van der Waals surface area contributed by atoms with E-state index in [9.17, 15) is 14.4 Å². The van der Waals surface area contributed by atoms with Gasteiger partial charge in [-0.15, -0.1) is 0 Å². The predicted octanol–water partition coefficient (Wildman–Crippen LogP) is 2.06. The fourth-order valence-corrected chi connectivity index (χ4v) is 1.92. The van der Waals surface area contributed by atoms with Crippen molar-refractivity contribution in [2.24, 2.45) is 0 Å². The molecule has 4 amide bonds. The highest BCUT2D eigenvalue weighted by Gasteiger charge is 2.37. The Morgan fingerprint density at radius 3 is 2.00 bits per heavy atom. The van der Waals surface area contributed by atoms with Crippen LogP contribution in [-0.4, -0.2) is 17.8 Å². The second-order valence-corrected chi connectivity index (χ2v) is 4.31. The van der Waals surface area contributed by atoms with Crippen LogP contribution in [0.5, 0.6) is 11.5 Å². The molecule has 2 aromatic carbocycles. The molecule has 0 atom stereocenters. The molecule has 0 aliphatic carbocycles. The molecule has 1 saturated heterocycles. The number of nitrogens with one attached hydrogen (secondary N) is 1. The summed E-state index contributed by atoms with van der Waals surface area (Å²) < 4.78 is 5.60. The number of hydrogen-bond donors (Lipinski definition) is 1. The third-order valence-electron chi connectivity index (χ3n) is 2.89. The molecule has 21 heavy (non-hydrogen) atoms. The molecular formula is C15H10N2O4. The number of nitrogens with zero attached hydrogens (tertiary/aromatic N) is 1. The second kappa shape index (κ2) is 5.09. The van der Waals surface area contributed by atoms with Crippen LogP contribution in [0.1, 0.15) is 0 Å². The molecule has 6 nitrogen and oxygen atoms in total. The number of benzene rings is 2. The molecule has 1 aliphatic rings. The predicted molar refractivity (Wildman–Crippen MR) is 74.0 cm³/mol. The van der Waals surface area contributed by atoms with Crippen molar-refractivity contribution in [3.8, 4) is 11.5 Å². The van der Waals surface area contributed by atoms with E-state index >= 15 is 0 Å². The number of hydrogen-bond acceptors (Lipinski definition) is 4. The van der Waals surface area contributed by atoms with Crippen LogP contribution in [0.3, 0.4) is 0 Å². The number of carbonyl (C=O) groups excluding carboxylic acids is 3. The monoisotopic (exact) mass is 282 g/mol. The van der Waals surface area contributed by atoms with Crippen LogP contribution in [0.25, 0.3) is 0 Å². The molecule has 1 heterocycles. The van der Waals surface area contributed by atoms with E-state index in [2.05, 4.69) is 0 Å². The Morgan fingerprint density at radius 2 is 1.43 bits per heavy atom. The van der Waals surface area contributed by atoms with Gasteiger partial charge in [0.2, 0.25) is 0 Å². The molecule has 0 unspecified atom stereocenters. The van der Waals surface area contributed by atoms with Crippen LogP contribution < -0.4 is 15.0 Å². The minimum absolute atomic E-state index is 0.309. The van der Waals surface area contributed by atoms with Gasteiger partial charge in [-0.1, -0.05) is 18.2 Å². The van der Waals surface area contributed by atoms with Crippen molar-refractivity contribution in [1.29, 1.82) is 0 Å². The Morgan fingerprint density at radius 1 is 0.810 bits per heavy atom. The van der Waals surface area contributed by atoms with Gasteiger partial charge in [0.25, 0.3) is 0 Å². The van der Waals surface area contributed by atoms with Gasteiger partial charge in [0.05, 0.1) is 5.69 Å². The summed E-state index contributed by atoms with van der Waals surface area (Å²) in [5.74, 6) is -0.583. The molecule has 6 heteroatoms. The molecule has 0 bridgehead atoms. The van der Waals surface area contributed by atoms with E-state index in [-0.39, 0.29) is 0 Å². The lowest BCUT2D eigenvalue weighted by molar-refractivity contribution is -0.134. The average molecular weight is 282 g/mol. The minimum atomic E-state index is -0.926. The molecule has 3 rings (SSSR count). The Kier molecular flexibility index (Phi) is 3.12. The smallest absolute Gasteiger partial charge is 0.336 e. The van der Waals surface area contributed by atoms with Crippen LogP contribution in [0.15, 0.2) is 54.6 Å². The van der Waals surface area contributed by atoms with E-state index in [1.54, 1.807) is 12.1 Å². The zero-order valence-corrected chi connectivity index (χ0v) is 10.8. The first-order valence-electron chi connectivity index (χ1n) is 6.17. The van der Waals surface area contributed by atoms with Gasteiger partial charge >= 0.3 is 17.8 Å². The van der Waals surface area contributed by atoms with Gasteiger partial charge in [-0.3, -0.25) is 14.9 Å². The Bertz CT molecular complexity index is 710. The van der Waals surface area contributed by atoms with Crippen molar-refractivity contribution in [2.45, 2.75) is 0 Å². The first-order chi connectivity index (χ1) is 10.1. The number of rotatable bonds is 3. The van der Waals surface area contributed by atoms with Crippen LogP contribution >= 0.6 is 0 Å². The maximum Gasteiger partial charge on any atom is 0.336 e. The molecule has 1 N–H and O–H groups in total. The molecule has 2 aromatic rings. The molecule has 0 spiro atoms. The summed E-state index contributed by atoms with van der Waals surface area (Å²) >= 11 is 0. The van der Waals surface area contributed by atoms with Crippen molar-refractivity contribution in [2.75, 3.05) is 4.90 Å². The SMILES string of the molecule is O=C1NC(=O)N(c2ccc(Oc3ccccc3)cc2)C1=O. The van der Waals surface area contributed by atoms with E-state index in [0.29, 0.717) is 17.2 Å². The summed E-state index contributed by atoms with van der Waals surface area (Å²) in [6.45, 7) is 0. The highest BCUT2D eigenvalue weighted by Crippen LogP contribution is 2.25. The highest BCUT2D eigenvalue weighted by molar-refractivity contribution is 6.53. The summed E-state index contributed by atoms with van der Waals surface area (Å²) in [6, 6.07) is 14.8. The summed E-state index contributed by atoms with van der Waals surface area (Å²) in [5, 5.41) is 1.94. The molecule has 0 aromatic heterocycles. The second-order valence-electron chi connectivity index (χ2n) is 4.31. The Hall–Kier alpha value is -3.15. The first-order valence-corrected chi connectivity index (χ1v) is 6.17. The lowest BCUT2D eigenvalue weighted by atomic mass is 10.2. The number of amides is 4. The van der Waals surface area contributed by atoms with E-state index in [1.807, 2.05) is 35.6 Å². The lowest BCUT2D eigenvalue weighted by Crippen LogP contribution is -2.30. The maximum absolute atomic E-state index is 11.6. The molecule has 0 radical (unpaired) electrons. The van der Waals surface area contributed by atoms with Crippen LogP contribution in [-0.2, 0) is 9.59 Å². The van der Waals surface area contributed by atoms with Gasteiger partial charge in [0.1, 0.15) is 11.5 Å².